The average molecular weight is 227 g/mol. The molecule has 1 rings (SSSR count). The lowest BCUT2D eigenvalue weighted by molar-refractivity contribution is 0.111. The SMILES string of the molecule is CCCC(C)Oc1c(Cl)cccc1C=O. The quantitative estimate of drug-likeness (QED) is 0.716. The summed E-state index contributed by atoms with van der Waals surface area (Å²) < 4.78 is 5.64. The first kappa shape index (κ1) is 12.1. The second kappa shape index (κ2) is 5.76. The fourth-order valence-electron chi connectivity index (χ4n) is 1.41. The van der Waals surface area contributed by atoms with Crippen molar-refractivity contribution in [2.45, 2.75) is 32.8 Å². The second-order valence-electron chi connectivity index (χ2n) is 3.49. The summed E-state index contributed by atoms with van der Waals surface area (Å²) >= 11 is 5.97. The number of carbonyl (C=O) groups is 1. The van der Waals surface area contributed by atoms with Crippen LogP contribution in [0.2, 0.25) is 5.02 Å². The van der Waals surface area contributed by atoms with Crippen molar-refractivity contribution in [3.8, 4) is 5.75 Å². The van der Waals surface area contributed by atoms with Gasteiger partial charge in [-0.15, -0.1) is 0 Å². The first-order valence-corrected chi connectivity index (χ1v) is 5.47. The van der Waals surface area contributed by atoms with E-state index in [2.05, 4.69) is 6.92 Å². The normalized spacial score (nSPS) is 12.2. The van der Waals surface area contributed by atoms with Gasteiger partial charge in [0.15, 0.2) is 6.29 Å². The number of benzene rings is 1. The minimum Gasteiger partial charge on any atom is -0.488 e. The van der Waals surface area contributed by atoms with Gasteiger partial charge in [-0.05, 0) is 25.5 Å². The molecule has 15 heavy (non-hydrogen) atoms. The van der Waals surface area contributed by atoms with Crippen molar-refractivity contribution >= 4 is 17.9 Å². The monoisotopic (exact) mass is 226 g/mol. The lowest BCUT2D eigenvalue weighted by Crippen LogP contribution is -2.12. The van der Waals surface area contributed by atoms with Crippen LogP contribution in [-0.4, -0.2) is 12.4 Å². The third-order valence-corrected chi connectivity index (χ3v) is 2.44. The maximum atomic E-state index is 10.8. The molecule has 0 fully saturated rings. The number of carbonyl (C=O) groups excluding carboxylic acids is 1. The summed E-state index contributed by atoms with van der Waals surface area (Å²) in [5.74, 6) is 0.495. The molecule has 1 aromatic rings. The van der Waals surface area contributed by atoms with E-state index in [4.69, 9.17) is 16.3 Å². The Bertz CT molecular complexity index is 336. The van der Waals surface area contributed by atoms with Gasteiger partial charge in [0, 0.05) is 0 Å². The van der Waals surface area contributed by atoms with Crippen molar-refractivity contribution in [3.05, 3.63) is 28.8 Å². The van der Waals surface area contributed by atoms with Crippen LogP contribution in [0.5, 0.6) is 5.75 Å². The molecule has 0 saturated heterocycles. The molecule has 2 nitrogen and oxygen atoms in total. The van der Waals surface area contributed by atoms with Crippen molar-refractivity contribution in [2.75, 3.05) is 0 Å². The topological polar surface area (TPSA) is 26.3 Å². The standard InChI is InChI=1S/C12H15ClO2/c1-3-5-9(2)15-12-10(8-14)6-4-7-11(12)13/h4,6-9H,3,5H2,1-2H3. The molecule has 0 aliphatic rings. The lowest BCUT2D eigenvalue weighted by Gasteiger charge is -2.16. The molecular formula is C12H15ClO2. The molecule has 0 bridgehead atoms. The molecule has 0 spiro atoms. The van der Waals surface area contributed by atoms with Crippen molar-refractivity contribution in [1.82, 2.24) is 0 Å². The minimum absolute atomic E-state index is 0.0774. The highest BCUT2D eigenvalue weighted by atomic mass is 35.5. The maximum absolute atomic E-state index is 10.8. The van der Waals surface area contributed by atoms with Crippen LogP contribution in [0.25, 0.3) is 0 Å². The summed E-state index contributed by atoms with van der Waals surface area (Å²) in [6, 6.07) is 5.17. The highest BCUT2D eigenvalue weighted by molar-refractivity contribution is 6.32. The summed E-state index contributed by atoms with van der Waals surface area (Å²) in [6.07, 6.45) is 2.83. The van der Waals surface area contributed by atoms with Gasteiger partial charge in [0.1, 0.15) is 5.75 Å². The largest absolute Gasteiger partial charge is 0.488 e. The van der Waals surface area contributed by atoms with Crippen LogP contribution >= 0.6 is 11.6 Å². The highest BCUT2D eigenvalue weighted by Crippen LogP contribution is 2.28. The lowest BCUT2D eigenvalue weighted by atomic mass is 10.2. The smallest absolute Gasteiger partial charge is 0.153 e. The van der Waals surface area contributed by atoms with Crippen LogP contribution in [0.3, 0.4) is 0 Å². The van der Waals surface area contributed by atoms with Gasteiger partial charge in [-0.3, -0.25) is 4.79 Å². The van der Waals surface area contributed by atoms with Crippen molar-refractivity contribution in [2.24, 2.45) is 0 Å². The third kappa shape index (κ3) is 3.24. The van der Waals surface area contributed by atoms with E-state index in [0.717, 1.165) is 19.1 Å². The van der Waals surface area contributed by atoms with Crippen molar-refractivity contribution in [3.63, 3.8) is 0 Å². The fraction of sp³-hybridized carbons (Fsp3) is 0.417. The number of rotatable bonds is 5. The Kier molecular flexibility index (Phi) is 4.63. The zero-order valence-electron chi connectivity index (χ0n) is 9.00. The van der Waals surface area contributed by atoms with Crippen LogP contribution in [-0.2, 0) is 0 Å². The summed E-state index contributed by atoms with van der Waals surface area (Å²) in [6.45, 7) is 4.06. The Hall–Kier alpha value is -1.02. The van der Waals surface area contributed by atoms with Crippen molar-refractivity contribution in [1.29, 1.82) is 0 Å². The number of ether oxygens (including phenoxy) is 1. The molecule has 0 saturated carbocycles. The zero-order chi connectivity index (χ0) is 11.3. The number of aldehydes is 1. The van der Waals surface area contributed by atoms with Gasteiger partial charge in [0.25, 0.3) is 0 Å². The number of hydrogen-bond donors (Lipinski definition) is 0. The Morgan fingerprint density at radius 2 is 2.27 bits per heavy atom. The summed E-state index contributed by atoms with van der Waals surface area (Å²) in [5, 5.41) is 0.488. The molecule has 1 aromatic carbocycles. The van der Waals surface area contributed by atoms with E-state index in [1.165, 1.54) is 0 Å². The first-order valence-electron chi connectivity index (χ1n) is 5.09. The van der Waals surface area contributed by atoms with Crippen molar-refractivity contribution < 1.29 is 9.53 Å². The van der Waals surface area contributed by atoms with Gasteiger partial charge < -0.3 is 4.74 Å². The second-order valence-corrected chi connectivity index (χ2v) is 3.90. The van der Waals surface area contributed by atoms with Crippen LogP contribution in [0, 0.1) is 0 Å². The third-order valence-electron chi connectivity index (χ3n) is 2.14. The Morgan fingerprint density at radius 3 is 2.87 bits per heavy atom. The summed E-state index contributed by atoms with van der Waals surface area (Å²) in [7, 11) is 0. The highest BCUT2D eigenvalue weighted by Gasteiger charge is 2.10. The molecule has 0 aliphatic carbocycles. The van der Waals surface area contributed by atoms with Gasteiger partial charge in [-0.2, -0.15) is 0 Å². The number of halogens is 1. The van der Waals surface area contributed by atoms with Gasteiger partial charge in [0.2, 0.25) is 0 Å². The Balaban J connectivity index is 2.87. The molecule has 0 heterocycles. The van der Waals surface area contributed by atoms with Crippen LogP contribution < -0.4 is 4.74 Å². The molecule has 1 unspecified atom stereocenters. The molecular weight excluding hydrogens is 212 g/mol. The molecule has 0 aliphatic heterocycles. The van der Waals surface area contributed by atoms with E-state index in [9.17, 15) is 4.79 Å². The van der Waals surface area contributed by atoms with Crippen LogP contribution in [0.1, 0.15) is 37.0 Å². The van der Waals surface area contributed by atoms with E-state index in [-0.39, 0.29) is 6.10 Å². The number of para-hydroxylation sites is 1. The fourth-order valence-corrected chi connectivity index (χ4v) is 1.64. The maximum Gasteiger partial charge on any atom is 0.153 e. The van der Waals surface area contributed by atoms with Gasteiger partial charge in [-0.25, -0.2) is 0 Å². The first-order chi connectivity index (χ1) is 7.19. The van der Waals surface area contributed by atoms with E-state index in [0.29, 0.717) is 16.3 Å². The summed E-state index contributed by atoms with van der Waals surface area (Å²) in [4.78, 5) is 10.8. The molecule has 0 radical (unpaired) electrons. The van der Waals surface area contributed by atoms with Gasteiger partial charge in [-0.1, -0.05) is 31.0 Å². The Labute approximate surface area is 95.2 Å². The zero-order valence-corrected chi connectivity index (χ0v) is 9.75. The molecule has 0 amide bonds. The van der Waals surface area contributed by atoms with Gasteiger partial charge in [0.05, 0.1) is 16.7 Å². The van der Waals surface area contributed by atoms with E-state index >= 15 is 0 Å². The average Bonchev–Trinajstić information content (AvgIpc) is 2.21. The number of hydrogen-bond acceptors (Lipinski definition) is 2. The minimum atomic E-state index is 0.0774. The predicted octanol–water partition coefficient (Wildman–Crippen LogP) is 3.72. The molecule has 0 aromatic heterocycles. The van der Waals surface area contributed by atoms with Gasteiger partial charge >= 0.3 is 0 Å². The van der Waals surface area contributed by atoms with E-state index in [1.807, 2.05) is 6.92 Å². The molecule has 0 N–H and O–H groups in total. The van der Waals surface area contributed by atoms with E-state index < -0.39 is 0 Å². The molecule has 1 atom stereocenters. The van der Waals surface area contributed by atoms with Crippen LogP contribution in [0.15, 0.2) is 18.2 Å². The van der Waals surface area contributed by atoms with Crippen LogP contribution in [0.4, 0.5) is 0 Å². The molecule has 82 valence electrons. The van der Waals surface area contributed by atoms with E-state index in [1.54, 1.807) is 18.2 Å². The Morgan fingerprint density at radius 1 is 1.53 bits per heavy atom. The molecule has 3 heteroatoms. The summed E-state index contributed by atoms with van der Waals surface area (Å²) in [5.41, 5.74) is 0.505. The predicted molar refractivity (Wildman–Crippen MR) is 61.8 cm³/mol.